The third kappa shape index (κ3) is 2.46. The number of aryl methyl sites for hydroxylation is 1. The van der Waals surface area contributed by atoms with Gasteiger partial charge >= 0.3 is 6.18 Å². The first-order chi connectivity index (χ1) is 8.29. The van der Waals surface area contributed by atoms with E-state index in [0.717, 1.165) is 11.0 Å². The first-order valence-corrected chi connectivity index (χ1v) is 5.85. The van der Waals surface area contributed by atoms with Crippen molar-refractivity contribution in [1.29, 1.82) is 0 Å². The Kier molecular flexibility index (Phi) is 3.27. The molecule has 1 saturated heterocycles. The number of anilines is 1. The van der Waals surface area contributed by atoms with Gasteiger partial charge in [-0.15, -0.1) is 11.6 Å². The maximum absolute atomic E-state index is 12.9. The normalized spacial score (nSPS) is 20.6. The van der Waals surface area contributed by atoms with E-state index in [9.17, 15) is 18.0 Å². The second kappa shape index (κ2) is 4.46. The van der Waals surface area contributed by atoms with Crippen molar-refractivity contribution in [1.82, 2.24) is 0 Å². The number of nitrogens with zero attached hydrogens (tertiary/aromatic N) is 1. The molecule has 18 heavy (non-hydrogen) atoms. The number of hydrogen-bond donors (Lipinski definition) is 0. The van der Waals surface area contributed by atoms with Gasteiger partial charge in [-0.3, -0.25) is 4.79 Å². The van der Waals surface area contributed by atoms with Gasteiger partial charge in [0.25, 0.3) is 0 Å². The van der Waals surface area contributed by atoms with Gasteiger partial charge in [0.1, 0.15) is 0 Å². The lowest BCUT2D eigenvalue weighted by Gasteiger charge is -2.21. The summed E-state index contributed by atoms with van der Waals surface area (Å²) in [7, 11) is 0. The number of halogens is 4. The molecule has 0 aromatic heterocycles. The van der Waals surface area contributed by atoms with E-state index in [-0.39, 0.29) is 24.6 Å². The minimum absolute atomic E-state index is 0.0762. The zero-order valence-corrected chi connectivity index (χ0v) is 10.3. The summed E-state index contributed by atoms with van der Waals surface area (Å²) < 4.78 is 38.7. The smallest absolute Gasteiger partial charge is 0.310 e. The predicted molar refractivity (Wildman–Crippen MR) is 62.8 cm³/mol. The molecule has 1 fully saturated rings. The van der Waals surface area contributed by atoms with Crippen LogP contribution < -0.4 is 4.90 Å². The molecule has 1 unspecified atom stereocenters. The fraction of sp³-hybridized carbons (Fsp3) is 0.417. The second-order valence-corrected chi connectivity index (χ2v) is 4.94. The van der Waals surface area contributed by atoms with Crippen LogP contribution in [0.15, 0.2) is 18.2 Å². The summed E-state index contributed by atoms with van der Waals surface area (Å²) in [5.41, 5.74) is -0.230. The average molecular weight is 278 g/mol. The number of rotatable bonds is 1. The molecule has 0 spiro atoms. The number of alkyl halides is 4. The Labute approximate surface area is 107 Å². The van der Waals surface area contributed by atoms with Gasteiger partial charge in [0, 0.05) is 13.0 Å². The molecule has 1 atom stereocenters. The summed E-state index contributed by atoms with van der Waals surface area (Å²) >= 11 is 5.81. The molecule has 1 heterocycles. The lowest BCUT2D eigenvalue weighted by atomic mass is 10.1. The Morgan fingerprint density at radius 2 is 2.06 bits per heavy atom. The van der Waals surface area contributed by atoms with Gasteiger partial charge in [-0.05, 0) is 24.6 Å². The maximum Gasteiger partial charge on any atom is 0.418 e. The largest absolute Gasteiger partial charge is 0.418 e. The van der Waals surface area contributed by atoms with Crippen LogP contribution in [0.3, 0.4) is 0 Å². The summed E-state index contributed by atoms with van der Waals surface area (Å²) in [6, 6.07) is 3.75. The molecule has 1 aromatic carbocycles. The third-order valence-corrected chi connectivity index (χ3v) is 3.12. The van der Waals surface area contributed by atoms with Crippen LogP contribution in [0, 0.1) is 6.92 Å². The van der Waals surface area contributed by atoms with Crippen molar-refractivity contribution in [2.24, 2.45) is 0 Å². The van der Waals surface area contributed by atoms with Crippen LogP contribution in [-0.4, -0.2) is 17.8 Å². The van der Waals surface area contributed by atoms with Crippen molar-refractivity contribution in [3.63, 3.8) is 0 Å². The Morgan fingerprint density at radius 3 is 2.56 bits per heavy atom. The molecule has 1 aromatic rings. The van der Waals surface area contributed by atoms with Crippen molar-refractivity contribution in [2.45, 2.75) is 24.9 Å². The standard InChI is InChI=1S/C12H11ClF3NO/c1-7-2-3-9(12(14,15)16)10(4-7)17-6-8(13)5-11(17)18/h2-4,8H,5-6H2,1H3. The Balaban J connectivity index is 2.49. The fourth-order valence-corrected chi connectivity index (χ4v) is 2.27. The molecule has 6 heteroatoms. The summed E-state index contributed by atoms with van der Waals surface area (Å²) in [5.74, 6) is -0.369. The zero-order valence-electron chi connectivity index (χ0n) is 9.59. The fourth-order valence-electron chi connectivity index (χ4n) is 2.00. The van der Waals surface area contributed by atoms with Gasteiger partial charge in [-0.25, -0.2) is 0 Å². The molecular formula is C12H11ClF3NO. The average Bonchev–Trinajstić information content (AvgIpc) is 2.55. The monoisotopic (exact) mass is 277 g/mol. The van der Waals surface area contributed by atoms with Crippen molar-refractivity contribution < 1.29 is 18.0 Å². The van der Waals surface area contributed by atoms with E-state index in [4.69, 9.17) is 11.6 Å². The molecule has 1 aliphatic heterocycles. The van der Waals surface area contributed by atoms with Gasteiger partial charge in [0.2, 0.25) is 5.91 Å². The van der Waals surface area contributed by atoms with E-state index in [0.29, 0.717) is 5.56 Å². The maximum atomic E-state index is 12.9. The van der Waals surface area contributed by atoms with E-state index in [1.165, 1.54) is 12.1 Å². The second-order valence-electron chi connectivity index (χ2n) is 4.32. The molecule has 0 radical (unpaired) electrons. The van der Waals surface area contributed by atoms with E-state index < -0.39 is 17.1 Å². The molecule has 0 aliphatic carbocycles. The van der Waals surface area contributed by atoms with Crippen LogP contribution >= 0.6 is 11.6 Å². The van der Waals surface area contributed by atoms with Gasteiger partial charge in [0.05, 0.1) is 16.6 Å². The van der Waals surface area contributed by atoms with Crippen molar-refractivity contribution >= 4 is 23.2 Å². The molecular weight excluding hydrogens is 267 g/mol. The van der Waals surface area contributed by atoms with Crippen LogP contribution in [0.2, 0.25) is 0 Å². The van der Waals surface area contributed by atoms with Crippen molar-refractivity contribution in [2.75, 3.05) is 11.4 Å². The van der Waals surface area contributed by atoms with Crippen molar-refractivity contribution in [3.8, 4) is 0 Å². The van der Waals surface area contributed by atoms with E-state index in [1.807, 2.05) is 0 Å². The molecule has 2 rings (SSSR count). The summed E-state index contributed by atoms with van der Waals surface area (Å²) in [6.07, 6.45) is -4.40. The Morgan fingerprint density at radius 1 is 1.39 bits per heavy atom. The summed E-state index contributed by atoms with van der Waals surface area (Å²) in [5, 5.41) is -0.431. The highest BCUT2D eigenvalue weighted by molar-refractivity contribution is 6.24. The van der Waals surface area contributed by atoms with Gasteiger partial charge < -0.3 is 4.90 Å². The number of hydrogen-bond acceptors (Lipinski definition) is 1. The van der Waals surface area contributed by atoms with Gasteiger partial charge in [-0.2, -0.15) is 13.2 Å². The quantitative estimate of drug-likeness (QED) is 0.721. The lowest BCUT2D eigenvalue weighted by molar-refractivity contribution is -0.137. The molecule has 0 bridgehead atoms. The number of benzene rings is 1. The summed E-state index contributed by atoms with van der Waals surface area (Å²) in [6.45, 7) is 1.80. The Hall–Kier alpha value is -1.23. The highest BCUT2D eigenvalue weighted by Gasteiger charge is 2.38. The predicted octanol–water partition coefficient (Wildman–Crippen LogP) is 3.36. The van der Waals surface area contributed by atoms with Gasteiger partial charge in [-0.1, -0.05) is 6.07 Å². The highest BCUT2D eigenvalue weighted by Crippen LogP contribution is 2.38. The number of carbonyl (C=O) groups excluding carboxylic acids is 1. The van der Waals surface area contributed by atoms with Crippen LogP contribution in [-0.2, 0) is 11.0 Å². The van der Waals surface area contributed by atoms with Crippen LogP contribution in [0.4, 0.5) is 18.9 Å². The minimum Gasteiger partial charge on any atom is -0.310 e. The minimum atomic E-state index is -4.48. The van der Waals surface area contributed by atoms with Crippen molar-refractivity contribution in [3.05, 3.63) is 29.3 Å². The Bertz CT molecular complexity index is 487. The molecule has 0 saturated carbocycles. The van der Waals surface area contributed by atoms with E-state index >= 15 is 0 Å². The van der Waals surface area contributed by atoms with Crippen LogP contribution in [0.25, 0.3) is 0 Å². The molecule has 2 nitrogen and oxygen atoms in total. The summed E-state index contributed by atoms with van der Waals surface area (Å²) in [4.78, 5) is 12.8. The lowest BCUT2D eigenvalue weighted by Crippen LogP contribution is -2.27. The highest BCUT2D eigenvalue weighted by atomic mass is 35.5. The first kappa shape index (κ1) is 13.2. The topological polar surface area (TPSA) is 20.3 Å². The first-order valence-electron chi connectivity index (χ1n) is 5.41. The molecule has 1 aliphatic rings. The van der Waals surface area contributed by atoms with E-state index in [1.54, 1.807) is 6.92 Å². The molecule has 1 amide bonds. The number of carbonyl (C=O) groups is 1. The molecule has 0 N–H and O–H groups in total. The SMILES string of the molecule is Cc1ccc(C(F)(F)F)c(N2CC(Cl)CC2=O)c1. The van der Waals surface area contributed by atoms with E-state index in [2.05, 4.69) is 0 Å². The number of amides is 1. The van der Waals surface area contributed by atoms with Gasteiger partial charge in [0.15, 0.2) is 0 Å². The zero-order chi connectivity index (χ0) is 13.5. The van der Waals surface area contributed by atoms with Crippen LogP contribution in [0.1, 0.15) is 17.5 Å². The van der Waals surface area contributed by atoms with Crippen LogP contribution in [0.5, 0.6) is 0 Å². The third-order valence-electron chi connectivity index (χ3n) is 2.83. The molecule has 98 valence electrons.